The van der Waals surface area contributed by atoms with Gasteiger partial charge in [0.15, 0.2) is 0 Å². The minimum atomic E-state index is -0.529. The van der Waals surface area contributed by atoms with E-state index in [2.05, 4.69) is 16.7 Å². The summed E-state index contributed by atoms with van der Waals surface area (Å²) in [5.41, 5.74) is 2.36. The third kappa shape index (κ3) is 5.28. The summed E-state index contributed by atoms with van der Waals surface area (Å²) in [6.45, 7) is 12.7. The van der Waals surface area contributed by atoms with Gasteiger partial charge in [0.1, 0.15) is 17.5 Å². The Morgan fingerprint density at radius 1 is 1.06 bits per heavy atom. The number of carbonyl (C=O) groups excluding carboxylic acids is 1. The Morgan fingerprint density at radius 2 is 1.78 bits per heavy atom. The maximum atomic E-state index is 14.6. The van der Waals surface area contributed by atoms with E-state index < -0.39 is 5.82 Å². The third-order valence-corrected chi connectivity index (χ3v) is 7.15. The van der Waals surface area contributed by atoms with E-state index in [9.17, 15) is 13.6 Å². The van der Waals surface area contributed by atoms with Gasteiger partial charge in [-0.25, -0.2) is 13.5 Å². The molecule has 1 saturated heterocycles. The first kappa shape index (κ1) is 25.8. The number of aryl methyl sites for hydroxylation is 1. The predicted octanol–water partition coefficient (Wildman–Crippen LogP) is 5.04. The van der Waals surface area contributed by atoms with Crippen LogP contribution in [0.5, 0.6) is 0 Å². The summed E-state index contributed by atoms with van der Waals surface area (Å²) in [5, 5.41) is 4.81. The number of rotatable bonds is 8. The fraction of sp³-hybridized carbons (Fsp3) is 0.429. The van der Waals surface area contributed by atoms with Gasteiger partial charge in [-0.1, -0.05) is 32.0 Å². The highest BCUT2D eigenvalue weighted by atomic mass is 19.1. The normalized spacial score (nSPS) is 15.2. The highest BCUT2D eigenvalue weighted by molar-refractivity contribution is 5.94. The lowest BCUT2D eigenvalue weighted by Gasteiger charge is -2.37. The van der Waals surface area contributed by atoms with Crippen LogP contribution >= 0.6 is 0 Å². The number of benzene rings is 2. The minimum Gasteiger partial charge on any atom is -0.354 e. The molecule has 1 amide bonds. The zero-order chi connectivity index (χ0) is 25.8. The van der Waals surface area contributed by atoms with Crippen LogP contribution in [0, 0.1) is 18.6 Å². The van der Waals surface area contributed by atoms with E-state index in [0.29, 0.717) is 5.69 Å². The molecular weight excluding hydrogens is 460 g/mol. The van der Waals surface area contributed by atoms with Crippen molar-refractivity contribution in [3.05, 3.63) is 77.0 Å². The van der Waals surface area contributed by atoms with Crippen LogP contribution in [0.4, 0.5) is 14.6 Å². The van der Waals surface area contributed by atoms with E-state index in [0.717, 1.165) is 56.2 Å². The van der Waals surface area contributed by atoms with Crippen LogP contribution in [0.15, 0.2) is 48.5 Å². The molecule has 0 saturated carbocycles. The molecule has 36 heavy (non-hydrogen) atoms. The van der Waals surface area contributed by atoms with E-state index >= 15 is 0 Å². The lowest BCUT2D eigenvalue weighted by atomic mass is 10.1. The van der Waals surface area contributed by atoms with Gasteiger partial charge in [-0.15, -0.1) is 0 Å². The zero-order valence-corrected chi connectivity index (χ0v) is 21.5. The molecule has 1 aliphatic rings. The number of aromatic nitrogens is 2. The average molecular weight is 496 g/mol. The quantitative estimate of drug-likeness (QED) is 0.439. The number of piperazine rings is 1. The molecule has 0 spiro atoms. The van der Waals surface area contributed by atoms with Gasteiger partial charge < -0.3 is 14.7 Å². The smallest absolute Gasteiger partial charge is 0.257 e. The third-order valence-electron chi connectivity index (χ3n) is 7.15. The van der Waals surface area contributed by atoms with E-state index in [1.807, 2.05) is 26.8 Å². The number of halogens is 2. The summed E-state index contributed by atoms with van der Waals surface area (Å²) in [5.74, 6) is -0.343. The van der Waals surface area contributed by atoms with E-state index in [4.69, 9.17) is 5.10 Å². The molecule has 8 heteroatoms. The number of likely N-dealkylation sites (N-methyl/N-ethyl adjacent to an activating group) is 1. The van der Waals surface area contributed by atoms with Crippen LogP contribution in [-0.2, 0) is 6.54 Å². The van der Waals surface area contributed by atoms with Crippen molar-refractivity contribution in [3.8, 4) is 5.69 Å². The Bertz CT molecular complexity index is 1200. The Kier molecular flexibility index (Phi) is 8.04. The summed E-state index contributed by atoms with van der Waals surface area (Å²) < 4.78 is 30.5. The van der Waals surface area contributed by atoms with Crippen LogP contribution in [0.2, 0.25) is 0 Å². The number of nitrogens with zero attached hydrogens (tertiary/aromatic N) is 5. The molecule has 0 bridgehead atoms. The minimum absolute atomic E-state index is 0.0612. The Labute approximate surface area is 212 Å². The molecule has 1 aromatic heterocycles. The van der Waals surface area contributed by atoms with Gasteiger partial charge in [-0.05, 0) is 57.1 Å². The number of hydrogen-bond acceptors (Lipinski definition) is 4. The fourth-order valence-corrected chi connectivity index (χ4v) is 4.73. The van der Waals surface area contributed by atoms with Crippen molar-refractivity contribution < 1.29 is 13.6 Å². The molecule has 0 radical (unpaired) electrons. The first-order valence-electron chi connectivity index (χ1n) is 12.7. The SMILES string of the molecule is CCC(C)N(Cc1c(C)nn(-c2cccc(F)c2)c1N1CCN(CC)CC1)C(=O)c1ccccc1F. The number of anilines is 1. The van der Waals surface area contributed by atoms with Gasteiger partial charge in [0.25, 0.3) is 5.91 Å². The maximum Gasteiger partial charge on any atom is 0.257 e. The molecule has 0 N–H and O–H groups in total. The van der Waals surface area contributed by atoms with Gasteiger partial charge in [0.2, 0.25) is 0 Å². The van der Waals surface area contributed by atoms with Gasteiger partial charge in [-0.2, -0.15) is 5.10 Å². The molecule has 4 rings (SSSR count). The molecule has 192 valence electrons. The van der Waals surface area contributed by atoms with Crippen molar-refractivity contribution in [3.63, 3.8) is 0 Å². The second-order valence-corrected chi connectivity index (χ2v) is 9.37. The van der Waals surface area contributed by atoms with Crippen LogP contribution in [0.3, 0.4) is 0 Å². The van der Waals surface area contributed by atoms with Crippen molar-refractivity contribution in [1.82, 2.24) is 19.6 Å². The molecule has 6 nitrogen and oxygen atoms in total. The second kappa shape index (κ2) is 11.2. The molecule has 1 aliphatic heterocycles. The van der Waals surface area contributed by atoms with Crippen LogP contribution < -0.4 is 4.90 Å². The van der Waals surface area contributed by atoms with Crippen LogP contribution in [0.25, 0.3) is 5.69 Å². The fourth-order valence-electron chi connectivity index (χ4n) is 4.73. The summed E-state index contributed by atoms with van der Waals surface area (Å²) in [7, 11) is 0. The first-order chi connectivity index (χ1) is 17.3. The topological polar surface area (TPSA) is 44.6 Å². The summed E-state index contributed by atoms with van der Waals surface area (Å²) in [4.78, 5) is 19.9. The number of amides is 1. The van der Waals surface area contributed by atoms with Crippen molar-refractivity contribution in [2.75, 3.05) is 37.6 Å². The lowest BCUT2D eigenvalue weighted by Crippen LogP contribution is -2.47. The van der Waals surface area contributed by atoms with Gasteiger partial charge >= 0.3 is 0 Å². The molecule has 1 fully saturated rings. The molecule has 2 aromatic carbocycles. The first-order valence-corrected chi connectivity index (χ1v) is 12.7. The molecule has 1 unspecified atom stereocenters. The number of carbonyl (C=O) groups is 1. The summed E-state index contributed by atoms with van der Waals surface area (Å²) in [6, 6.07) is 12.4. The number of hydrogen-bond donors (Lipinski definition) is 0. The summed E-state index contributed by atoms with van der Waals surface area (Å²) >= 11 is 0. The van der Waals surface area contributed by atoms with Gasteiger partial charge in [-0.3, -0.25) is 4.79 Å². The monoisotopic (exact) mass is 495 g/mol. The highest BCUT2D eigenvalue weighted by Crippen LogP contribution is 2.31. The zero-order valence-electron chi connectivity index (χ0n) is 21.5. The molecular formula is C28H35F2N5O. The van der Waals surface area contributed by atoms with Crippen molar-refractivity contribution >= 4 is 11.7 Å². The van der Waals surface area contributed by atoms with Gasteiger partial charge in [0.05, 0.1) is 23.5 Å². The molecule has 2 heterocycles. The molecule has 0 aliphatic carbocycles. The van der Waals surface area contributed by atoms with Crippen LogP contribution in [-0.4, -0.2) is 64.3 Å². The molecule has 3 aromatic rings. The Morgan fingerprint density at radius 3 is 2.42 bits per heavy atom. The van der Waals surface area contributed by atoms with Crippen molar-refractivity contribution in [1.29, 1.82) is 0 Å². The molecule has 1 atom stereocenters. The summed E-state index contributed by atoms with van der Waals surface area (Å²) in [6.07, 6.45) is 0.724. The van der Waals surface area contributed by atoms with Crippen LogP contribution in [0.1, 0.15) is 48.8 Å². The van der Waals surface area contributed by atoms with E-state index in [1.165, 1.54) is 24.3 Å². The standard InChI is InChI=1S/C28H35F2N5O/c1-5-20(3)34(28(36)24-12-7-8-13-26(24)30)19-25-21(4)31-35(23-11-9-10-22(29)18-23)27(25)33-16-14-32(6-2)15-17-33/h7-13,18,20H,5-6,14-17,19H2,1-4H3. The predicted molar refractivity (Wildman–Crippen MR) is 139 cm³/mol. The average Bonchev–Trinajstić information content (AvgIpc) is 3.22. The van der Waals surface area contributed by atoms with E-state index in [-0.39, 0.29) is 29.9 Å². The Balaban J connectivity index is 1.78. The van der Waals surface area contributed by atoms with Gasteiger partial charge in [0, 0.05) is 37.8 Å². The van der Waals surface area contributed by atoms with E-state index in [1.54, 1.807) is 27.8 Å². The maximum absolute atomic E-state index is 14.6. The van der Waals surface area contributed by atoms with Crippen molar-refractivity contribution in [2.24, 2.45) is 0 Å². The second-order valence-electron chi connectivity index (χ2n) is 9.37. The Hall–Kier alpha value is -3.26. The largest absolute Gasteiger partial charge is 0.354 e. The lowest BCUT2D eigenvalue weighted by molar-refractivity contribution is 0.0666. The highest BCUT2D eigenvalue weighted by Gasteiger charge is 2.30. The van der Waals surface area contributed by atoms with Crippen molar-refractivity contribution in [2.45, 2.75) is 46.7 Å².